The van der Waals surface area contributed by atoms with E-state index in [1.165, 1.54) is 6.92 Å². The first-order chi connectivity index (χ1) is 9.08. The summed E-state index contributed by atoms with van der Waals surface area (Å²) < 4.78 is 87.3. The fourth-order valence-electron chi connectivity index (χ4n) is 1.51. The van der Waals surface area contributed by atoms with Crippen LogP contribution in [0, 0.1) is 11.6 Å². The van der Waals surface area contributed by atoms with Crippen molar-refractivity contribution >= 4 is 10.0 Å². The van der Waals surface area contributed by atoms with E-state index < -0.39 is 45.7 Å². The van der Waals surface area contributed by atoms with Gasteiger partial charge in [0.15, 0.2) is 0 Å². The molecule has 0 radical (unpaired) electrons. The number of hydrogen-bond donors (Lipinski definition) is 0. The van der Waals surface area contributed by atoms with Crippen molar-refractivity contribution in [3.05, 3.63) is 29.8 Å². The van der Waals surface area contributed by atoms with Gasteiger partial charge in [0.1, 0.15) is 16.5 Å². The molecule has 0 atom stereocenters. The largest absolute Gasteiger partial charge is 0.390 e. The Morgan fingerprint density at radius 2 is 1.80 bits per heavy atom. The average Bonchev–Trinajstić information content (AvgIpc) is 2.31. The number of benzene rings is 1. The van der Waals surface area contributed by atoms with Crippen LogP contribution in [0.15, 0.2) is 23.1 Å². The summed E-state index contributed by atoms with van der Waals surface area (Å²) in [5.74, 6) is -2.20. The van der Waals surface area contributed by atoms with E-state index in [0.29, 0.717) is 16.4 Å². The summed E-state index contributed by atoms with van der Waals surface area (Å²) >= 11 is 0. The van der Waals surface area contributed by atoms with Crippen LogP contribution in [0.3, 0.4) is 0 Å². The molecule has 0 aliphatic rings. The first kappa shape index (κ1) is 16.8. The van der Waals surface area contributed by atoms with E-state index in [0.717, 1.165) is 6.07 Å². The van der Waals surface area contributed by atoms with Gasteiger partial charge in [-0.15, -0.1) is 0 Å². The molecule has 0 aromatic heterocycles. The molecule has 0 amide bonds. The molecule has 0 N–H and O–H groups in total. The molecule has 9 heteroatoms. The van der Waals surface area contributed by atoms with Crippen LogP contribution in [-0.2, 0) is 10.0 Å². The highest BCUT2D eigenvalue weighted by atomic mass is 32.2. The maximum absolute atomic E-state index is 13.4. The third kappa shape index (κ3) is 4.14. The number of nitrogens with zero attached hydrogens (tertiary/aromatic N) is 1. The minimum atomic E-state index is -4.54. The molecule has 0 bridgehead atoms. The van der Waals surface area contributed by atoms with Gasteiger partial charge in [-0.1, -0.05) is 6.92 Å². The fourth-order valence-corrected chi connectivity index (χ4v) is 3.04. The van der Waals surface area contributed by atoms with E-state index in [1.54, 1.807) is 0 Å². The van der Waals surface area contributed by atoms with Crippen molar-refractivity contribution in [3.63, 3.8) is 0 Å². The first-order valence-electron chi connectivity index (χ1n) is 5.60. The number of hydrogen-bond acceptors (Lipinski definition) is 2. The molecule has 0 spiro atoms. The van der Waals surface area contributed by atoms with Crippen molar-refractivity contribution in [2.45, 2.75) is 24.4 Å². The Kier molecular flexibility index (Phi) is 5.09. The molecule has 1 aromatic rings. The Hall–Kier alpha value is -1.22. The summed E-state index contributed by atoms with van der Waals surface area (Å²) in [5.41, 5.74) is 0. The standard InChI is InChI=1S/C11H12F5NO2S/c1-2-17(6-5-11(14,15)16)20(18,19)10-7-8(12)3-4-9(10)13/h3-4,7H,2,5-6H2,1H3. The molecule has 0 fully saturated rings. The van der Waals surface area contributed by atoms with E-state index in [-0.39, 0.29) is 6.54 Å². The summed E-state index contributed by atoms with van der Waals surface area (Å²) in [5, 5.41) is 0. The predicted molar refractivity (Wildman–Crippen MR) is 61.5 cm³/mol. The monoisotopic (exact) mass is 317 g/mol. The third-order valence-electron chi connectivity index (χ3n) is 2.51. The average molecular weight is 317 g/mol. The van der Waals surface area contributed by atoms with Gasteiger partial charge in [-0.05, 0) is 18.2 Å². The Morgan fingerprint density at radius 3 is 2.30 bits per heavy atom. The van der Waals surface area contributed by atoms with Crippen LogP contribution in [0.5, 0.6) is 0 Å². The quantitative estimate of drug-likeness (QED) is 0.783. The highest BCUT2D eigenvalue weighted by molar-refractivity contribution is 7.89. The lowest BCUT2D eigenvalue weighted by molar-refractivity contribution is -0.135. The minimum absolute atomic E-state index is 0.283. The van der Waals surface area contributed by atoms with Gasteiger partial charge >= 0.3 is 6.18 Å². The van der Waals surface area contributed by atoms with Gasteiger partial charge in [-0.3, -0.25) is 0 Å². The van der Waals surface area contributed by atoms with E-state index in [2.05, 4.69) is 0 Å². The lowest BCUT2D eigenvalue weighted by atomic mass is 10.3. The van der Waals surface area contributed by atoms with Gasteiger partial charge in [-0.25, -0.2) is 17.2 Å². The summed E-state index contributed by atoms with van der Waals surface area (Å²) in [4.78, 5) is -0.971. The highest BCUT2D eigenvalue weighted by Crippen LogP contribution is 2.24. The van der Waals surface area contributed by atoms with Crippen LogP contribution in [-0.4, -0.2) is 32.0 Å². The Bertz CT molecular complexity index is 571. The van der Waals surface area contributed by atoms with Crippen LogP contribution >= 0.6 is 0 Å². The van der Waals surface area contributed by atoms with Crippen molar-refractivity contribution in [1.29, 1.82) is 0 Å². The minimum Gasteiger partial charge on any atom is -0.207 e. The topological polar surface area (TPSA) is 37.4 Å². The number of rotatable bonds is 5. The second-order valence-corrected chi connectivity index (χ2v) is 5.84. The van der Waals surface area contributed by atoms with Crippen molar-refractivity contribution in [2.24, 2.45) is 0 Å². The molecular weight excluding hydrogens is 305 g/mol. The molecule has 0 saturated carbocycles. The smallest absolute Gasteiger partial charge is 0.207 e. The Morgan fingerprint density at radius 1 is 1.20 bits per heavy atom. The summed E-state index contributed by atoms with van der Waals surface area (Å²) in [6.45, 7) is 0.178. The second-order valence-electron chi connectivity index (χ2n) is 3.94. The zero-order valence-corrected chi connectivity index (χ0v) is 11.2. The fraction of sp³-hybridized carbons (Fsp3) is 0.455. The van der Waals surface area contributed by atoms with Crippen molar-refractivity contribution in [2.75, 3.05) is 13.1 Å². The SMILES string of the molecule is CCN(CCC(F)(F)F)S(=O)(=O)c1cc(F)ccc1F. The molecule has 0 aliphatic carbocycles. The first-order valence-corrected chi connectivity index (χ1v) is 7.04. The molecule has 114 valence electrons. The van der Waals surface area contributed by atoms with E-state index in [4.69, 9.17) is 0 Å². The van der Waals surface area contributed by atoms with Gasteiger partial charge in [0.05, 0.1) is 6.42 Å². The zero-order valence-electron chi connectivity index (χ0n) is 10.4. The molecule has 3 nitrogen and oxygen atoms in total. The Labute approximate surface area is 113 Å². The zero-order chi connectivity index (χ0) is 15.6. The van der Waals surface area contributed by atoms with Crippen LogP contribution in [0.4, 0.5) is 22.0 Å². The van der Waals surface area contributed by atoms with Gasteiger partial charge in [0.2, 0.25) is 10.0 Å². The van der Waals surface area contributed by atoms with Gasteiger partial charge in [-0.2, -0.15) is 17.5 Å². The predicted octanol–water partition coefficient (Wildman–Crippen LogP) is 2.93. The normalized spacial score (nSPS) is 12.9. The van der Waals surface area contributed by atoms with E-state index >= 15 is 0 Å². The molecule has 0 unspecified atom stereocenters. The van der Waals surface area contributed by atoms with E-state index in [9.17, 15) is 30.4 Å². The number of alkyl halides is 3. The van der Waals surface area contributed by atoms with Gasteiger partial charge in [0.25, 0.3) is 0 Å². The highest BCUT2D eigenvalue weighted by Gasteiger charge is 2.32. The number of sulfonamides is 1. The van der Waals surface area contributed by atoms with Gasteiger partial charge in [0, 0.05) is 13.1 Å². The maximum atomic E-state index is 13.4. The summed E-state index contributed by atoms with van der Waals surface area (Å²) in [6, 6.07) is 1.78. The second kappa shape index (κ2) is 6.04. The summed E-state index contributed by atoms with van der Waals surface area (Å²) in [6.07, 6.45) is -5.90. The molecule has 1 aromatic carbocycles. The number of halogens is 5. The summed E-state index contributed by atoms with van der Waals surface area (Å²) in [7, 11) is -4.51. The van der Waals surface area contributed by atoms with Crippen molar-refractivity contribution in [1.82, 2.24) is 4.31 Å². The van der Waals surface area contributed by atoms with Crippen molar-refractivity contribution < 1.29 is 30.4 Å². The maximum Gasteiger partial charge on any atom is 0.390 e. The molecule has 0 aliphatic heterocycles. The molecular formula is C11H12F5NO2S. The molecule has 0 heterocycles. The lowest BCUT2D eigenvalue weighted by Crippen LogP contribution is -2.34. The van der Waals surface area contributed by atoms with Crippen molar-refractivity contribution in [3.8, 4) is 0 Å². The lowest BCUT2D eigenvalue weighted by Gasteiger charge is -2.21. The Balaban J connectivity index is 3.09. The van der Waals surface area contributed by atoms with Crippen LogP contribution in [0.25, 0.3) is 0 Å². The van der Waals surface area contributed by atoms with Crippen LogP contribution < -0.4 is 0 Å². The van der Waals surface area contributed by atoms with Crippen LogP contribution in [0.1, 0.15) is 13.3 Å². The van der Waals surface area contributed by atoms with Gasteiger partial charge < -0.3 is 0 Å². The molecule has 20 heavy (non-hydrogen) atoms. The molecule has 1 rings (SSSR count). The van der Waals surface area contributed by atoms with Crippen LogP contribution in [0.2, 0.25) is 0 Å². The molecule has 0 saturated heterocycles. The third-order valence-corrected chi connectivity index (χ3v) is 4.50. The van der Waals surface area contributed by atoms with E-state index in [1.807, 2.05) is 0 Å².